The minimum Gasteiger partial charge on any atom is -0.353 e. The lowest BCUT2D eigenvalue weighted by atomic mass is 10.1. The van der Waals surface area contributed by atoms with Gasteiger partial charge in [0.2, 0.25) is 11.8 Å². The van der Waals surface area contributed by atoms with Crippen LogP contribution in [0.4, 0.5) is 5.69 Å². The van der Waals surface area contributed by atoms with Crippen LogP contribution in [0.5, 0.6) is 0 Å². The lowest BCUT2D eigenvalue weighted by Gasteiger charge is -2.18. The van der Waals surface area contributed by atoms with E-state index in [1.807, 2.05) is 32.9 Å². The van der Waals surface area contributed by atoms with Gasteiger partial charge in [-0.1, -0.05) is 24.6 Å². The first-order chi connectivity index (χ1) is 9.93. The van der Waals surface area contributed by atoms with Crippen LogP contribution in [0.15, 0.2) is 18.2 Å². The largest absolute Gasteiger partial charge is 0.353 e. The summed E-state index contributed by atoms with van der Waals surface area (Å²) >= 11 is 6.11. The molecule has 0 radical (unpaired) electrons. The molecule has 0 aromatic heterocycles. The summed E-state index contributed by atoms with van der Waals surface area (Å²) in [6.45, 7) is 6.41. The molecule has 5 heteroatoms. The Balaban J connectivity index is 2.10. The highest BCUT2D eigenvalue weighted by Crippen LogP contribution is 2.29. The van der Waals surface area contributed by atoms with E-state index in [2.05, 4.69) is 5.32 Å². The summed E-state index contributed by atoms with van der Waals surface area (Å²) in [4.78, 5) is 26.2. The Kier molecular flexibility index (Phi) is 4.88. The highest BCUT2D eigenvalue weighted by molar-refractivity contribution is 6.31. The Morgan fingerprint density at radius 3 is 2.86 bits per heavy atom. The second kappa shape index (κ2) is 6.48. The molecular formula is C16H21ClN2O2. The van der Waals surface area contributed by atoms with Crippen LogP contribution in [0.1, 0.15) is 32.3 Å². The average Bonchev–Trinajstić information content (AvgIpc) is 2.83. The molecule has 0 bridgehead atoms. The van der Waals surface area contributed by atoms with Crippen molar-refractivity contribution in [3.8, 4) is 0 Å². The first kappa shape index (κ1) is 15.8. The van der Waals surface area contributed by atoms with E-state index in [1.165, 1.54) is 0 Å². The highest BCUT2D eigenvalue weighted by atomic mass is 35.5. The molecule has 2 atom stereocenters. The third kappa shape index (κ3) is 3.38. The highest BCUT2D eigenvalue weighted by Gasteiger charge is 2.37. The van der Waals surface area contributed by atoms with Gasteiger partial charge >= 0.3 is 0 Å². The van der Waals surface area contributed by atoms with Crippen molar-refractivity contribution < 1.29 is 9.59 Å². The van der Waals surface area contributed by atoms with Gasteiger partial charge in [0.25, 0.3) is 0 Å². The Morgan fingerprint density at radius 1 is 1.52 bits per heavy atom. The second-order valence-electron chi connectivity index (χ2n) is 5.58. The molecule has 0 aliphatic carbocycles. The van der Waals surface area contributed by atoms with Gasteiger partial charge in [-0.25, -0.2) is 0 Å². The van der Waals surface area contributed by atoms with Crippen LogP contribution in [-0.2, 0) is 9.59 Å². The minimum atomic E-state index is -0.584. The van der Waals surface area contributed by atoms with Crippen molar-refractivity contribution in [3.05, 3.63) is 28.8 Å². The van der Waals surface area contributed by atoms with Gasteiger partial charge in [0.15, 0.2) is 0 Å². The fourth-order valence-electron chi connectivity index (χ4n) is 2.37. The summed E-state index contributed by atoms with van der Waals surface area (Å²) < 4.78 is 0. The predicted molar refractivity (Wildman–Crippen MR) is 84.5 cm³/mol. The van der Waals surface area contributed by atoms with Crippen molar-refractivity contribution in [3.63, 3.8) is 0 Å². The van der Waals surface area contributed by atoms with Crippen molar-refractivity contribution in [2.24, 2.45) is 5.92 Å². The van der Waals surface area contributed by atoms with Crippen molar-refractivity contribution in [1.29, 1.82) is 0 Å². The summed E-state index contributed by atoms with van der Waals surface area (Å²) in [6, 6.07) is 5.63. The number of nitrogens with one attached hydrogen (secondary N) is 1. The molecule has 2 unspecified atom stereocenters. The number of nitrogens with zero attached hydrogens (tertiary/aromatic N) is 1. The first-order valence-corrected chi connectivity index (χ1v) is 7.69. The normalized spacial score (nSPS) is 19.7. The molecule has 1 saturated heterocycles. The maximum absolute atomic E-state index is 12.4. The van der Waals surface area contributed by atoms with E-state index in [0.29, 0.717) is 18.0 Å². The molecule has 21 heavy (non-hydrogen) atoms. The molecular weight excluding hydrogens is 288 g/mol. The molecule has 1 fully saturated rings. The van der Waals surface area contributed by atoms with E-state index in [0.717, 1.165) is 17.7 Å². The number of anilines is 1. The second-order valence-corrected chi connectivity index (χ2v) is 5.99. The van der Waals surface area contributed by atoms with Crippen LogP contribution in [0.3, 0.4) is 0 Å². The lowest BCUT2D eigenvalue weighted by molar-refractivity contribution is -0.132. The zero-order chi connectivity index (χ0) is 15.6. The van der Waals surface area contributed by atoms with Crippen molar-refractivity contribution >= 4 is 29.1 Å². The fourth-order valence-corrected chi connectivity index (χ4v) is 2.55. The molecule has 1 aromatic rings. The number of rotatable bonds is 4. The Hall–Kier alpha value is -1.55. The average molecular weight is 309 g/mol. The zero-order valence-corrected chi connectivity index (χ0v) is 13.4. The summed E-state index contributed by atoms with van der Waals surface area (Å²) in [6.07, 6.45) is 1.40. The third-order valence-corrected chi connectivity index (χ3v) is 4.40. The summed E-state index contributed by atoms with van der Waals surface area (Å²) in [5.41, 5.74) is 1.73. The first-order valence-electron chi connectivity index (χ1n) is 7.32. The molecule has 2 amide bonds. The Bertz CT molecular complexity index is 559. The Morgan fingerprint density at radius 2 is 2.24 bits per heavy atom. The van der Waals surface area contributed by atoms with Crippen molar-refractivity contribution in [2.45, 2.75) is 39.7 Å². The number of carbonyl (C=O) groups is 2. The van der Waals surface area contributed by atoms with Gasteiger partial charge in [0.05, 0.1) is 0 Å². The number of aryl methyl sites for hydroxylation is 1. The maximum atomic E-state index is 12.4. The van der Waals surface area contributed by atoms with Crippen LogP contribution >= 0.6 is 11.6 Å². The van der Waals surface area contributed by atoms with E-state index in [9.17, 15) is 9.59 Å². The molecule has 1 N–H and O–H groups in total. The zero-order valence-electron chi connectivity index (χ0n) is 12.6. The number of halogens is 1. The van der Waals surface area contributed by atoms with Gasteiger partial charge in [0, 0.05) is 23.3 Å². The molecule has 114 valence electrons. The SMILES string of the molecule is CCC(C)NC(=O)C1CCN(c2ccc(C)c(Cl)c2)C1=O. The fraction of sp³-hybridized carbons (Fsp3) is 0.500. The molecule has 1 aromatic carbocycles. The number of hydrogen-bond acceptors (Lipinski definition) is 2. The Labute approximate surface area is 130 Å². The standard InChI is InChI=1S/C16H21ClN2O2/c1-4-11(3)18-15(20)13-7-8-19(16(13)21)12-6-5-10(2)14(17)9-12/h5-6,9,11,13H,4,7-8H2,1-3H3,(H,18,20). The molecule has 4 nitrogen and oxygen atoms in total. The number of amides is 2. The molecule has 1 heterocycles. The number of carbonyl (C=O) groups excluding carboxylic acids is 2. The summed E-state index contributed by atoms with van der Waals surface area (Å²) in [5.74, 6) is -0.898. The van der Waals surface area contributed by atoms with Gasteiger partial charge in [-0.05, 0) is 44.4 Å². The summed E-state index contributed by atoms with van der Waals surface area (Å²) in [7, 11) is 0. The maximum Gasteiger partial charge on any atom is 0.239 e. The molecule has 1 aliphatic heterocycles. The van der Waals surface area contributed by atoms with Gasteiger partial charge < -0.3 is 10.2 Å². The molecule has 1 aliphatic rings. The van der Waals surface area contributed by atoms with Gasteiger partial charge in [-0.3, -0.25) is 9.59 Å². The van der Waals surface area contributed by atoms with Crippen LogP contribution in [-0.4, -0.2) is 24.4 Å². The van der Waals surface area contributed by atoms with Crippen LogP contribution in [0, 0.1) is 12.8 Å². The van der Waals surface area contributed by atoms with Crippen LogP contribution < -0.4 is 10.2 Å². The number of hydrogen-bond donors (Lipinski definition) is 1. The van der Waals surface area contributed by atoms with E-state index in [1.54, 1.807) is 11.0 Å². The monoisotopic (exact) mass is 308 g/mol. The van der Waals surface area contributed by atoms with Crippen LogP contribution in [0.25, 0.3) is 0 Å². The quantitative estimate of drug-likeness (QED) is 0.870. The topological polar surface area (TPSA) is 49.4 Å². The van der Waals surface area contributed by atoms with E-state index >= 15 is 0 Å². The predicted octanol–water partition coefficient (Wildman–Crippen LogP) is 2.92. The van der Waals surface area contributed by atoms with Crippen molar-refractivity contribution in [2.75, 3.05) is 11.4 Å². The minimum absolute atomic E-state index is 0.0909. The van der Waals surface area contributed by atoms with Gasteiger partial charge in [-0.15, -0.1) is 0 Å². The molecule has 0 saturated carbocycles. The summed E-state index contributed by atoms with van der Waals surface area (Å²) in [5, 5.41) is 3.51. The van der Waals surface area contributed by atoms with Crippen LogP contribution in [0.2, 0.25) is 5.02 Å². The lowest BCUT2D eigenvalue weighted by Crippen LogP contribution is -2.40. The van der Waals surface area contributed by atoms with E-state index < -0.39 is 5.92 Å². The van der Waals surface area contributed by atoms with E-state index in [-0.39, 0.29) is 17.9 Å². The molecule has 0 spiro atoms. The molecule has 2 rings (SSSR count). The van der Waals surface area contributed by atoms with Gasteiger partial charge in [-0.2, -0.15) is 0 Å². The van der Waals surface area contributed by atoms with Crippen molar-refractivity contribution in [1.82, 2.24) is 5.32 Å². The van der Waals surface area contributed by atoms with Gasteiger partial charge in [0.1, 0.15) is 5.92 Å². The van der Waals surface area contributed by atoms with E-state index in [4.69, 9.17) is 11.6 Å². The third-order valence-electron chi connectivity index (χ3n) is 3.99. The number of benzene rings is 1. The smallest absolute Gasteiger partial charge is 0.239 e.